The lowest BCUT2D eigenvalue weighted by Gasteiger charge is -2.30. The fraction of sp³-hybridized carbons (Fsp3) is 0.250. The maximum absolute atomic E-state index is 12.2. The van der Waals surface area contributed by atoms with Crippen molar-refractivity contribution in [2.24, 2.45) is 0 Å². The second-order valence-corrected chi connectivity index (χ2v) is 5.92. The Morgan fingerprint density at radius 3 is 2.09 bits per heavy atom. The van der Waals surface area contributed by atoms with E-state index in [1.807, 2.05) is 42.5 Å². The third kappa shape index (κ3) is 2.63. The van der Waals surface area contributed by atoms with Crippen molar-refractivity contribution in [2.75, 3.05) is 13.7 Å². The fourth-order valence-corrected chi connectivity index (χ4v) is 3.57. The second-order valence-electron chi connectivity index (χ2n) is 5.92. The standard InChI is InChI=1S/C20H21NO2/c1-3-18-14-20(15-21(18)19(22)23-2,16-10-6-4-7-11-16)17-12-8-5-9-13-17/h3-13,18H,1,14-15H2,2H3. The molecule has 1 amide bonds. The van der Waals surface area contributed by atoms with Crippen LogP contribution in [0.1, 0.15) is 17.5 Å². The number of hydrogen-bond donors (Lipinski definition) is 0. The van der Waals surface area contributed by atoms with Gasteiger partial charge in [0.2, 0.25) is 0 Å². The number of hydrogen-bond acceptors (Lipinski definition) is 2. The molecule has 3 rings (SSSR count). The van der Waals surface area contributed by atoms with Gasteiger partial charge in [0.05, 0.1) is 13.2 Å². The number of methoxy groups -OCH3 is 1. The van der Waals surface area contributed by atoms with E-state index in [0.29, 0.717) is 6.54 Å². The Morgan fingerprint density at radius 2 is 1.65 bits per heavy atom. The molecule has 2 aromatic carbocycles. The molecule has 1 aliphatic heterocycles. The van der Waals surface area contributed by atoms with Crippen LogP contribution >= 0.6 is 0 Å². The highest BCUT2D eigenvalue weighted by atomic mass is 16.5. The van der Waals surface area contributed by atoms with Crippen molar-refractivity contribution < 1.29 is 9.53 Å². The molecule has 1 atom stereocenters. The summed E-state index contributed by atoms with van der Waals surface area (Å²) < 4.78 is 4.97. The van der Waals surface area contributed by atoms with Gasteiger partial charge in [-0.2, -0.15) is 0 Å². The first-order chi connectivity index (χ1) is 11.2. The zero-order chi connectivity index (χ0) is 16.3. The minimum atomic E-state index is -0.302. The highest BCUT2D eigenvalue weighted by molar-refractivity contribution is 5.69. The van der Waals surface area contributed by atoms with Gasteiger partial charge >= 0.3 is 6.09 Å². The average molecular weight is 307 g/mol. The predicted octanol–water partition coefficient (Wildman–Crippen LogP) is 4.00. The largest absolute Gasteiger partial charge is 0.453 e. The Balaban J connectivity index is 2.12. The van der Waals surface area contributed by atoms with Gasteiger partial charge in [0.25, 0.3) is 0 Å². The van der Waals surface area contributed by atoms with Crippen LogP contribution < -0.4 is 0 Å². The van der Waals surface area contributed by atoms with E-state index >= 15 is 0 Å². The number of benzene rings is 2. The summed E-state index contributed by atoms with van der Waals surface area (Å²) in [5.41, 5.74) is 2.18. The highest BCUT2D eigenvalue weighted by Crippen LogP contribution is 2.44. The summed E-state index contributed by atoms with van der Waals surface area (Å²) in [5.74, 6) is 0. The van der Waals surface area contributed by atoms with Crippen LogP contribution in [0.3, 0.4) is 0 Å². The molecule has 1 heterocycles. The smallest absolute Gasteiger partial charge is 0.410 e. The summed E-state index contributed by atoms with van der Waals surface area (Å²) in [7, 11) is 1.42. The molecule has 2 aromatic rings. The van der Waals surface area contributed by atoms with Crippen molar-refractivity contribution in [3.63, 3.8) is 0 Å². The Hall–Kier alpha value is -2.55. The Bertz CT molecular complexity index is 642. The first-order valence-corrected chi connectivity index (χ1v) is 7.79. The van der Waals surface area contributed by atoms with E-state index in [0.717, 1.165) is 6.42 Å². The molecule has 0 N–H and O–H groups in total. The molecule has 0 spiro atoms. The van der Waals surface area contributed by atoms with E-state index in [2.05, 4.69) is 30.8 Å². The van der Waals surface area contributed by atoms with Crippen LogP contribution in [0.2, 0.25) is 0 Å². The summed E-state index contributed by atoms with van der Waals surface area (Å²) >= 11 is 0. The summed E-state index contributed by atoms with van der Waals surface area (Å²) in [6.07, 6.45) is 2.34. The molecule has 0 saturated carbocycles. The van der Waals surface area contributed by atoms with Crippen LogP contribution in [0.15, 0.2) is 73.3 Å². The average Bonchev–Trinajstić information content (AvgIpc) is 3.04. The van der Waals surface area contributed by atoms with Crippen molar-refractivity contribution in [2.45, 2.75) is 17.9 Å². The van der Waals surface area contributed by atoms with E-state index in [4.69, 9.17) is 4.74 Å². The van der Waals surface area contributed by atoms with Crippen molar-refractivity contribution in [1.82, 2.24) is 4.90 Å². The third-order valence-corrected chi connectivity index (χ3v) is 4.73. The van der Waals surface area contributed by atoms with Gasteiger partial charge in [0.1, 0.15) is 0 Å². The van der Waals surface area contributed by atoms with Crippen LogP contribution in [-0.2, 0) is 10.2 Å². The first-order valence-electron chi connectivity index (χ1n) is 7.79. The van der Waals surface area contributed by atoms with Crippen LogP contribution in [0.4, 0.5) is 4.79 Å². The molecule has 0 bridgehead atoms. The van der Waals surface area contributed by atoms with Crippen molar-refractivity contribution in [3.05, 3.63) is 84.4 Å². The second kappa shape index (κ2) is 6.29. The maximum Gasteiger partial charge on any atom is 0.410 e. The van der Waals surface area contributed by atoms with Gasteiger partial charge in [-0.25, -0.2) is 4.79 Å². The molecular weight excluding hydrogens is 286 g/mol. The van der Waals surface area contributed by atoms with E-state index in [-0.39, 0.29) is 17.6 Å². The van der Waals surface area contributed by atoms with Crippen molar-refractivity contribution in [3.8, 4) is 0 Å². The molecule has 1 aliphatic rings. The lowest BCUT2D eigenvalue weighted by atomic mass is 9.73. The van der Waals surface area contributed by atoms with Crippen LogP contribution in [0.25, 0.3) is 0 Å². The normalized spacial score (nSPS) is 19.3. The highest BCUT2D eigenvalue weighted by Gasteiger charge is 2.47. The Labute approximate surface area is 137 Å². The molecule has 0 aromatic heterocycles. The predicted molar refractivity (Wildman–Crippen MR) is 91.4 cm³/mol. The number of ether oxygens (including phenoxy) is 1. The topological polar surface area (TPSA) is 29.5 Å². The van der Waals surface area contributed by atoms with E-state index in [9.17, 15) is 4.79 Å². The van der Waals surface area contributed by atoms with Crippen LogP contribution in [0.5, 0.6) is 0 Å². The minimum Gasteiger partial charge on any atom is -0.453 e. The molecular formula is C20H21NO2. The summed E-state index contributed by atoms with van der Waals surface area (Å²) in [5, 5.41) is 0. The third-order valence-electron chi connectivity index (χ3n) is 4.73. The monoisotopic (exact) mass is 307 g/mol. The summed E-state index contributed by atoms with van der Waals surface area (Å²) in [6.45, 7) is 4.50. The lowest BCUT2D eigenvalue weighted by molar-refractivity contribution is 0.124. The maximum atomic E-state index is 12.2. The van der Waals surface area contributed by atoms with Gasteiger partial charge in [0, 0.05) is 12.0 Å². The van der Waals surface area contributed by atoms with Crippen LogP contribution in [-0.4, -0.2) is 30.7 Å². The Kier molecular flexibility index (Phi) is 4.20. The minimum absolute atomic E-state index is 0.0390. The van der Waals surface area contributed by atoms with Crippen molar-refractivity contribution in [1.29, 1.82) is 0 Å². The zero-order valence-electron chi connectivity index (χ0n) is 13.3. The van der Waals surface area contributed by atoms with Gasteiger partial charge in [-0.3, -0.25) is 0 Å². The van der Waals surface area contributed by atoms with Gasteiger partial charge in [-0.15, -0.1) is 6.58 Å². The number of likely N-dealkylation sites (tertiary alicyclic amines) is 1. The number of rotatable bonds is 3. The molecule has 1 unspecified atom stereocenters. The molecule has 0 aliphatic carbocycles. The van der Waals surface area contributed by atoms with E-state index < -0.39 is 0 Å². The van der Waals surface area contributed by atoms with Gasteiger partial charge in [-0.05, 0) is 17.5 Å². The molecule has 1 fully saturated rings. The number of carbonyl (C=O) groups is 1. The fourth-order valence-electron chi connectivity index (χ4n) is 3.57. The first kappa shape index (κ1) is 15.3. The van der Waals surface area contributed by atoms with Gasteiger partial charge < -0.3 is 9.64 Å². The number of amides is 1. The lowest BCUT2D eigenvalue weighted by Crippen LogP contribution is -2.37. The molecule has 1 saturated heterocycles. The molecule has 3 nitrogen and oxygen atoms in total. The van der Waals surface area contributed by atoms with Gasteiger partial charge in [-0.1, -0.05) is 66.7 Å². The van der Waals surface area contributed by atoms with Gasteiger partial charge in [0.15, 0.2) is 0 Å². The number of nitrogens with zero attached hydrogens (tertiary/aromatic N) is 1. The van der Waals surface area contributed by atoms with Crippen molar-refractivity contribution >= 4 is 6.09 Å². The zero-order valence-corrected chi connectivity index (χ0v) is 13.3. The van der Waals surface area contributed by atoms with E-state index in [1.54, 1.807) is 4.90 Å². The molecule has 3 heteroatoms. The molecule has 0 radical (unpaired) electrons. The Morgan fingerprint density at radius 1 is 1.13 bits per heavy atom. The summed E-state index contributed by atoms with van der Waals surface area (Å²) in [4.78, 5) is 14.0. The molecule has 118 valence electrons. The summed E-state index contributed by atoms with van der Waals surface area (Å²) in [6, 6.07) is 20.7. The van der Waals surface area contributed by atoms with E-state index in [1.165, 1.54) is 18.2 Å². The molecule has 23 heavy (non-hydrogen) atoms. The SMILES string of the molecule is C=CC1CC(c2ccccc2)(c2ccccc2)CN1C(=O)OC. The van der Waals surface area contributed by atoms with Crippen LogP contribution in [0, 0.1) is 0 Å². The number of carbonyl (C=O) groups excluding carboxylic acids is 1. The quantitative estimate of drug-likeness (QED) is 0.802.